The number of hydrogen-bond donors (Lipinski definition) is 6. The zero-order valence-corrected chi connectivity index (χ0v) is 39.0. The smallest absolute Gasteiger partial charge is 0.121 e. The van der Waals surface area contributed by atoms with E-state index in [2.05, 4.69) is 10.2 Å². The summed E-state index contributed by atoms with van der Waals surface area (Å²) in [6, 6.07) is 20.6. The molecule has 348 valence electrons. The molecule has 0 aliphatic rings. The molecule has 0 amide bonds. The highest BCUT2D eigenvalue weighted by molar-refractivity contribution is 6.36. The molecular formula is C48H64Cl4N2O9. The summed E-state index contributed by atoms with van der Waals surface area (Å²) in [6.07, 6.45) is 5.96. The lowest BCUT2D eigenvalue weighted by molar-refractivity contribution is 0.0392. The van der Waals surface area contributed by atoms with Crippen LogP contribution in [0, 0.1) is 0 Å². The lowest BCUT2D eigenvalue weighted by Crippen LogP contribution is -2.30. The number of hydrogen-bond acceptors (Lipinski definition) is 11. The number of unbranched alkanes of at least 4 members (excludes halogenated alkanes) is 6. The Labute approximate surface area is 392 Å². The van der Waals surface area contributed by atoms with E-state index >= 15 is 0 Å². The summed E-state index contributed by atoms with van der Waals surface area (Å²) in [7, 11) is 0. The first-order valence-electron chi connectivity index (χ1n) is 21.8. The molecule has 0 spiro atoms. The number of benzene rings is 4. The molecule has 0 aromatic heterocycles. The molecule has 2 atom stereocenters. The van der Waals surface area contributed by atoms with Crippen molar-refractivity contribution in [2.24, 2.45) is 0 Å². The first kappa shape index (κ1) is 52.9. The maximum atomic E-state index is 11.3. The third-order valence-corrected chi connectivity index (χ3v) is 12.0. The van der Waals surface area contributed by atoms with Gasteiger partial charge in [0.2, 0.25) is 0 Å². The first-order valence-corrected chi connectivity index (χ1v) is 23.3. The topological polar surface area (TPSA) is 153 Å². The van der Waals surface area contributed by atoms with E-state index in [1.807, 2.05) is 6.07 Å². The van der Waals surface area contributed by atoms with E-state index in [9.17, 15) is 25.5 Å². The van der Waals surface area contributed by atoms with Crippen LogP contribution in [-0.2, 0) is 45.3 Å². The molecule has 6 N–H and O–H groups in total. The van der Waals surface area contributed by atoms with Crippen LogP contribution in [0.4, 0.5) is 0 Å². The molecule has 0 unspecified atom stereocenters. The van der Waals surface area contributed by atoms with E-state index in [1.54, 1.807) is 60.7 Å². The molecule has 0 saturated carbocycles. The number of halogens is 4. The van der Waals surface area contributed by atoms with E-state index in [-0.39, 0.29) is 24.7 Å². The number of aromatic hydroxyl groups is 2. The van der Waals surface area contributed by atoms with Gasteiger partial charge in [-0.2, -0.15) is 0 Å². The maximum absolute atomic E-state index is 11.3. The van der Waals surface area contributed by atoms with Crippen LogP contribution in [0.3, 0.4) is 0 Å². The summed E-state index contributed by atoms with van der Waals surface area (Å²) in [5, 5.41) is 58.6. The van der Waals surface area contributed by atoms with E-state index in [0.717, 1.165) is 69.0 Å². The van der Waals surface area contributed by atoms with Crippen molar-refractivity contribution in [3.63, 3.8) is 0 Å². The zero-order chi connectivity index (χ0) is 45.2. The van der Waals surface area contributed by atoms with Crippen molar-refractivity contribution in [1.29, 1.82) is 0 Å². The van der Waals surface area contributed by atoms with Crippen LogP contribution in [0.5, 0.6) is 11.5 Å². The molecule has 0 saturated heterocycles. The van der Waals surface area contributed by atoms with Crippen molar-refractivity contribution < 1.29 is 44.5 Å². The van der Waals surface area contributed by atoms with E-state index in [1.165, 1.54) is 6.07 Å². The van der Waals surface area contributed by atoms with Gasteiger partial charge < -0.3 is 49.8 Å². The molecule has 0 bridgehead atoms. The van der Waals surface area contributed by atoms with Crippen LogP contribution in [0.2, 0.25) is 20.1 Å². The number of ether oxygens (including phenoxy) is 4. The number of rotatable bonds is 33. The molecule has 0 aliphatic heterocycles. The van der Waals surface area contributed by atoms with Crippen molar-refractivity contribution in [3.8, 4) is 11.5 Å². The second-order valence-corrected chi connectivity index (χ2v) is 17.1. The Hall–Kier alpha value is -2.72. The zero-order valence-electron chi connectivity index (χ0n) is 36.0. The fourth-order valence-electron chi connectivity index (χ4n) is 6.89. The first-order chi connectivity index (χ1) is 30.6. The third-order valence-electron chi connectivity index (χ3n) is 10.6. The predicted octanol–water partition coefficient (Wildman–Crippen LogP) is 9.95. The molecule has 4 rings (SSSR count). The average molecular weight is 955 g/mol. The van der Waals surface area contributed by atoms with Gasteiger partial charge in [-0.15, -0.1) is 0 Å². The number of phenols is 2. The summed E-state index contributed by atoms with van der Waals surface area (Å²) >= 11 is 24.8. The fourth-order valence-corrected chi connectivity index (χ4v) is 7.90. The minimum atomic E-state index is -0.904. The van der Waals surface area contributed by atoms with Crippen LogP contribution >= 0.6 is 46.4 Å². The van der Waals surface area contributed by atoms with Crippen LogP contribution in [0.25, 0.3) is 0 Å². The van der Waals surface area contributed by atoms with Crippen molar-refractivity contribution in [2.45, 2.75) is 89.9 Å². The molecular weight excluding hydrogens is 890 g/mol. The maximum Gasteiger partial charge on any atom is 0.121 e. The van der Waals surface area contributed by atoms with E-state index in [4.69, 9.17) is 65.4 Å². The van der Waals surface area contributed by atoms with Crippen LogP contribution in [-0.4, -0.2) is 96.3 Å². The van der Waals surface area contributed by atoms with Gasteiger partial charge in [-0.05, 0) is 98.4 Å². The monoisotopic (exact) mass is 952 g/mol. The molecule has 11 nitrogen and oxygen atoms in total. The average Bonchev–Trinajstić information content (AvgIpc) is 3.26. The van der Waals surface area contributed by atoms with Gasteiger partial charge in [0, 0.05) is 75.2 Å². The predicted molar refractivity (Wildman–Crippen MR) is 251 cm³/mol. The normalized spacial score (nSPS) is 12.6. The van der Waals surface area contributed by atoms with Crippen molar-refractivity contribution in [1.82, 2.24) is 10.2 Å². The van der Waals surface area contributed by atoms with Crippen molar-refractivity contribution in [3.05, 3.63) is 126 Å². The Balaban J connectivity index is 1.14. The molecule has 15 heteroatoms. The van der Waals surface area contributed by atoms with Crippen molar-refractivity contribution in [2.75, 3.05) is 65.8 Å². The lowest BCUT2D eigenvalue weighted by Gasteiger charge is -2.26. The Morgan fingerprint density at radius 1 is 0.540 bits per heavy atom. The number of phenolic OH excluding ortho intramolecular Hbond substituents is 1. The largest absolute Gasteiger partial charge is 0.508 e. The summed E-state index contributed by atoms with van der Waals surface area (Å²) in [5.41, 5.74) is 3.80. The molecule has 4 aromatic carbocycles. The molecule has 63 heavy (non-hydrogen) atoms. The standard InChI is InChI=1S/C48H64Cl4N2O9/c49-41-11-9-12-42(50)39(41)33-62-25-23-60-21-7-3-1-5-19-53-29-47(58)35-15-17-45(56)37(27-35)30-54(31-48(59)36-16-18-46(57)38(28-36)32-55)20-6-2-4-8-22-61-24-26-63-34-40-43(51)13-10-14-44(40)52/h9-18,27-28,47-48,53,55-59H,1-8,19-26,29-34H2/t47-,48-/m0/s1. The minimum absolute atomic E-state index is 0.0316. The van der Waals surface area contributed by atoms with E-state index < -0.39 is 12.2 Å². The van der Waals surface area contributed by atoms with Gasteiger partial charge >= 0.3 is 0 Å². The van der Waals surface area contributed by atoms with Gasteiger partial charge in [-0.3, -0.25) is 4.90 Å². The molecule has 4 aromatic rings. The Bertz CT molecular complexity index is 1870. The quantitative estimate of drug-likeness (QED) is 0.0253. The summed E-state index contributed by atoms with van der Waals surface area (Å²) in [4.78, 5) is 2.08. The molecule has 0 heterocycles. The SMILES string of the molecule is OCc1cc([C@@H](O)CN(CCCCCCOCCOCc2c(Cl)cccc2Cl)Cc2cc([C@@H](O)CNCCCCCCOCCOCc3c(Cl)cccc3Cl)ccc2O)ccc1O. The fraction of sp³-hybridized carbons (Fsp3) is 0.500. The number of nitrogens with one attached hydrogen (secondary N) is 1. The number of aliphatic hydroxyl groups is 3. The summed E-state index contributed by atoms with van der Waals surface area (Å²) < 4.78 is 22.8. The van der Waals surface area contributed by atoms with Crippen LogP contribution in [0.15, 0.2) is 72.8 Å². The molecule has 0 aliphatic carbocycles. The summed E-state index contributed by atoms with van der Waals surface area (Å²) in [6.45, 7) is 5.86. The summed E-state index contributed by atoms with van der Waals surface area (Å²) in [5.74, 6) is 0.0797. The molecule has 0 radical (unpaired) electrons. The van der Waals surface area contributed by atoms with Gasteiger partial charge in [-0.1, -0.05) is 96.4 Å². The number of aliphatic hydroxyl groups excluding tert-OH is 3. The third kappa shape index (κ3) is 19.7. The minimum Gasteiger partial charge on any atom is -0.508 e. The van der Waals surface area contributed by atoms with E-state index in [0.29, 0.717) is 115 Å². The highest BCUT2D eigenvalue weighted by atomic mass is 35.5. The second kappa shape index (κ2) is 30.5. The Kier molecular flexibility index (Phi) is 25.6. The Morgan fingerprint density at radius 2 is 1.02 bits per heavy atom. The molecule has 0 fully saturated rings. The highest BCUT2D eigenvalue weighted by Crippen LogP contribution is 2.28. The lowest BCUT2D eigenvalue weighted by atomic mass is 10.0. The van der Waals surface area contributed by atoms with Gasteiger partial charge in [0.05, 0.1) is 58.5 Å². The van der Waals surface area contributed by atoms with Gasteiger partial charge in [0.1, 0.15) is 11.5 Å². The van der Waals surface area contributed by atoms with Crippen LogP contribution < -0.4 is 5.32 Å². The number of nitrogens with zero attached hydrogens (tertiary/aromatic N) is 1. The van der Waals surface area contributed by atoms with Crippen LogP contribution in [0.1, 0.15) is 97.0 Å². The Morgan fingerprint density at radius 3 is 1.57 bits per heavy atom. The van der Waals surface area contributed by atoms with Gasteiger partial charge in [-0.25, -0.2) is 0 Å². The van der Waals surface area contributed by atoms with Gasteiger partial charge in [0.25, 0.3) is 0 Å². The second-order valence-electron chi connectivity index (χ2n) is 15.5. The van der Waals surface area contributed by atoms with Crippen molar-refractivity contribution >= 4 is 46.4 Å². The van der Waals surface area contributed by atoms with Gasteiger partial charge in [0.15, 0.2) is 0 Å². The highest BCUT2D eigenvalue weighted by Gasteiger charge is 2.19.